The number of methoxy groups -OCH3 is 1. The first-order valence-corrected chi connectivity index (χ1v) is 11.3. The second-order valence-corrected chi connectivity index (χ2v) is 8.66. The zero-order chi connectivity index (χ0) is 25.8. The number of carbonyl (C=O) groups is 3. The van der Waals surface area contributed by atoms with Gasteiger partial charge in [0.2, 0.25) is 11.8 Å². The minimum atomic E-state index is -4.70. The van der Waals surface area contributed by atoms with Gasteiger partial charge in [0.1, 0.15) is 5.92 Å². The van der Waals surface area contributed by atoms with Crippen LogP contribution in [-0.4, -0.2) is 30.6 Å². The van der Waals surface area contributed by atoms with Crippen molar-refractivity contribution in [3.63, 3.8) is 0 Å². The molecule has 182 valence electrons. The Morgan fingerprint density at radius 1 is 1.23 bits per heavy atom. The van der Waals surface area contributed by atoms with Crippen LogP contribution in [0.2, 0.25) is 5.02 Å². The van der Waals surface area contributed by atoms with Crippen molar-refractivity contribution in [3.05, 3.63) is 75.3 Å². The number of anilines is 1. The van der Waals surface area contributed by atoms with E-state index >= 15 is 0 Å². The van der Waals surface area contributed by atoms with Gasteiger partial charge in [0.25, 0.3) is 0 Å². The number of esters is 1. The van der Waals surface area contributed by atoms with Crippen LogP contribution < -0.4 is 10.6 Å². The number of amides is 2. The maximum Gasteiger partial charge on any atom is 0.417 e. The summed E-state index contributed by atoms with van der Waals surface area (Å²) in [6.45, 7) is 0. The number of nitriles is 1. The van der Waals surface area contributed by atoms with E-state index in [4.69, 9.17) is 16.3 Å². The average molecular weight is 524 g/mol. The summed E-state index contributed by atoms with van der Waals surface area (Å²) in [6, 6.07) is 13.4. The zero-order valence-electron chi connectivity index (χ0n) is 18.0. The highest BCUT2D eigenvalue weighted by molar-refractivity contribution is 8.03. The first kappa shape index (κ1) is 26.1. The molecule has 1 aliphatic rings. The summed E-state index contributed by atoms with van der Waals surface area (Å²) < 4.78 is 43.9. The maximum absolute atomic E-state index is 13.1. The van der Waals surface area contributed by atoms with Gasteiger partial charge in [-0.15, -0.1) is 0 Å². The fourth-order valence-electron chi connectivity index (χ4n) is 3.50. The number of thioether (sulfide) groups is 1. The van der Waals surface area contributed by atoms with E-state index in [0.29, 0.717) is 11.6 Å². The lowest BCUT2D eigenvalue weighted by atomic mass is 9.78. The number of ether oxygens (including phenoxy) is 1. The first-order chi connectivity index (χ1) is 16.6. The molecule has 2 atom stereocenters. The molecule has 0 fully saturated rings. The molecule has 0 saturated heterocycles. The molecule has 2 amide bonds. The summed E-state index contributed by atoms with van der Waals surface area (Å²) in [5, 5.41) is 14.2. The fraction of sp³-hybridized carbons (Fsp3) is 0.217. The minimum Gasteiger partial charge on any atom is -0.468 e. The molecule has 0 bridgehead atoms. The standard InChI is InChI=1S/C23H17ClF3N3O4S/c1-34-22(33)19-18(12-5-3-2-4-6-12)14(10-28)21(30-20(19)32)35-11-17(31)29-13-7-8-16(24)15(9-13)23(25,26)27/h2-9,18-19H,11H2,1H3,(H,29,31)(H,30,32)/t18-,19+/m0/s1. The van der Waals surface area contributed by atoms with E-state index < -0.39 is 46.4 Å². The maximum atomic E-state index is 13.1. The molecule has 0 unspecified atom stereocenters. The quantitative estimate of drug-likeness (QED) is 0.427. The lowest BCUT2D eigenvalue weighted by molar-refractivity contribution is -0.150. The Labute approximate surface area is 207 Å². The van der Waals surface area contributed by atoms with Crippen LogP contribution in [0.1, 0.15) is 17.0 Å². The molecule has 1 heterocycles. The number of allylic oxidation sites excluding steroid dienone is 1. The van der Waals surface area contributed by atoms with E-state index in [0.717, 1.165) is 24.9 Å². The predicted octanol–water partition coefficient (Wildman–Crippen LogP) is 4.47. The third kappa shape index (κ3) is 5.96. The van der Waals surface area contributed by atoms with Gasteiger partial charge >= 0.3 is 12.1 Å². The van der Waals surface area contributed by atoms with Crippen molar-refractivity contribution >= 4 is 46.8 Å². The highest BCUT2D eigenvalue weighted by Crippen LogP contribution is 2.40. The van der Waals surface area contributed by atoms with E-state index in [1.807, 2.05) is 6.07 Å². The molecule has 2 aromatic carbocycles. The van der Waals surface area contributed by atoms with Crippen LogP contribution in [0.15, 0.2) is 59.1 Å². The zero-order valence-corrected chi connectivity index (χ0v) is 19.6. The number of halogens is 4. The molecule has 0 aromatic heterocycles. The average Bonchev–Trinajstić information content (AvgIpc) is 2.82. The smallest absolute Gasteiger partial charge is 0.417 e. The van der Waals surface area contributed by atoms with Crippen molar-refractivity contribution in [2.45, 2.75) is 12.1 Å². The van der Waals surface area contributed by atoms with Gasteiger partial charge in [-0.3, -0.25) is 14.4 Å². The molecule has 0 radical (unpaired) electrons. The minimum absolute atomic E-state index is 0.0508. The molecular weight excluding hydrogens is 507 g/mol. The summed E-state index contributed by atoms with van der Waals surface area (Å²) in [6.07, 6.45) is -4.70. The van der Waals surface area contributed by atoms with E-state index in [1.165, 1.54) is 6.07 Å². The number of hydrogen-bond acceptors (Lipinski definition) is 6. The van der Waals surface area contributed by atoms with Crippen molar-refractivity contribution < 1.29 is 32.3 Å². The highest BCUT2D eigenvalue weighted by Gasteiger charge is 2.44. The Morgan fingerprint density at radius 3 is 2.51 bits per heavy atom. The van der Waals surface area contributed by atoms with Gasteiger partial charge in [-0.1, -0.05) is 53.7 Å². The van der Waals surface area contributed by atoms with Crippen molar-refractivity contribution in [2.75, 3.05) is 18.2 Å². The molecule has 2 N–H and O–H groups in total. The highest BCUT2D eigenvalue weighted by atomic mass is 35.5. The van der Waals surface area contributed by atoms with Gasteiger partial charge < -0.3 is 15.4 Å². The monoisotopic (exact) mass is 523 g/mol. The van der Waals surface area contributed by atoms with E-state index in [9.17, 15) is 32.8 Å². The van der Waals surface area contributed by atoms with E-state index in [1.54, 1.807) is 30.3 Å². The molecule has 1 aliphatic heterocycles. The van der Waals surface area contributed by atoms with Gasteiger partial charge in [-0.2, -0.15) is 18.4 Å². The summed E-state index contributed by atoms with van der Waals surface area (Å²) in [7, 11) is 1.13. The molecule has 0 spiro atoms. The second kappa shape index (κ2) is 10.8. The number of hydrogen-bond donors (Lipinski definition) is 2. The van der Waals surface area contributed by atoms with Crippen LogP contribution in [0.5, 0.6) is 0 Å². The first-order valence-electron chi connectivity index (χ1n) is 9.94. The predicted molar refractivity (Wildman–Crippen MR) is 123 cm³/mol. The number of alkyl halides is 3. The number of carbonyl (C=O) groups excluding carboxylic acids is 3. The number of nitrogens with zero attached hydrogens (tertiary/aromatic N) is 1. The Bertz CT molecular complexity index is 1230. The number of nitrogens with one attached hydrogen (secondary N) is 2. The van der Waals surface area contributed by atoms with Crippen LogP contribution in [-0.2, 0) is 25.3 Å². The summed E-state index contributed by atoms with van der Waals surface area (Å²) in [5.74, 6) is -4.82. The van der Waals surface area contributed by atoms with Crippen molar-refractivity contribution in [3.8, 4) is 6.07 Å². The molecule has 0 aliphatic carbocycles. The summed E-state index contributed by atoms with van der Waals surface area (Å²) in [4.78, 5) is 37.5. The molecule has 2 aromatic rings. The van der Waals surface area contributed by atoms with Crippen molar-refractivity contribution in [2.24, 2.45) is 5.92 Å². The Hall–Kier alpha value is -3.49. The molecule has 35 heavy (non-hydrogen) atoms. The second-order valence-electron chi connectivity index (χ2n) is 7.26. The number of rotatable bonds is 6. The number of benzene rings is 2. The topological polar surface area (TPSA) is 108 Å². The van der Waals surface area contributed by atoms with Gasteiger partial charge in [-0.25, -0.2) is 0 Å². The van der Waals surface area contributed by atoms with Gasteiger partial charge in [0.05, 0.1) is 40.1 Å². The SMILES string of the molecule is COC(=O)[C@H]1C(=O)NC(SCC(=O)Nc2ccc(Cl)c(C(F)(F)F)c2)=C(C#N)[C@@H]1c1ccccc1. The lowest BCUT2D eigenvalue weighted by Crippen LogP contribution is -2.44. The molecule has 7 nitrogen and oxygen atoms in total. The van der Waals surface area contributed by atoms with Crippen LogP contribution in [0.25, 0.3) is 0 Å². The third-order valence-electron chi connectivity index (χ3n) is 5.05. The molecular formula is C23H17ClF3N3O4S. The molecule has 12 heteroatoms. The molecule has 3 rings (SSSR count). The third-order valence-corrected chi connectivity index (χ3v) is 6.39. The Kier molecular flexibility index (Phi) is 8.09. The largest absolute Gasteiger partial charge is 0.468 e. The van der Waals surface area contributed by atoms with Crippen molar-refractivity contribution in [1.82, 2.24) is 5.32 Å². The van der Waals surface area contributed by atoms with Crippen molar-refractivity contribution in [1.29, 1.82) is 5.26 Å². The van der Waals surface area contributed by atoms with Gasteiger partial charge in [0, 0.05) is 11.6 Å². The van der Waals surface area contributed by atoms with Gasteiger partial charge in [0.15, 0.2) is 0 Å². The van der Waals surface area contributed by atoms with Crippen LogP contribution in [0, 0.1) is 17.2 Å². The fourth-order valence-corrected chi connectivity index (χ4v) is 4.57. The van der Waals surface area contributed by atoms with Crippen LogP contribution in [0.4, 0.5) is 18.9 Å². The lowest BCUT2D eigenvalue weighted by Gasteiger charge is -2.30. The van der Waals surface area contributed by atoms with Gasteiger partial charge in [-0.05, 0) is 23.8 Å². The normalized spacial score (nSPS) is 17.9. The van der Waals surface area contributed by atoms with Crippen LogP contribution in [0.3, 0.4) is 0 Å². The Morgan fingerprint density at radius 2 is 1.91 bits per heavy atom. The summed E-state index contributed by atoms with van der Waals surface area (Å²) in [5.41, 5.74) is -0.645. The van der Waals surface area contributed by atoms with E-state index in [2.05, 4.69) is 10.6 Å². The molecule has 0 saturated carbocycles. The Balaban J connectivity index is 1.84. The summed E-state index contributed by atoms with van der Waals surface area (Å²) >= 11 is 6.39. The van der Waals surface area contributed by atoms with Crippen LogP contribution >= 0.6 is 23.4 Å². The van der Waals surface area contributed by atoms with E-state index in [-0.39, 0.29) is 22.0 Å².